The molecule has 1 aromatic rings. The molecule has 0 saturated carbocycles. The van der Waals surface area contributed by atoms with Crippen molar-refractivity contribution in [1.29, 1.82) is 5.26 Å². The first-order chi connectivity index (χ1) is 6.53. The molecule has 0 saturated heterocycles. The molecule has 0 N–H and O–H groups in total. The van der Waals surface area contributed by atoms with Crippen molar-refractivity contribution < 1.29 is 0 Å². The van der Waals surface area contributed by atoms with Crippen LogP contribution in [0.2, 0.25) is 5.02 Å². The van der Waals surface area contributed by atoms with Gasteiger partial charge in [-0.25, -0.2) is 0 Å². The van der Waals surface area contributed by atoms with E-state index < -0.39 is 5.41 Å². The first kappa shape index (κ1) is 10.8. The standard InChI is InChI=1S/C12H12ClN/c1-12(2,9-14)8-7-10-3-5-11(13)6-4-10/h3-8H,1-2H3/b8-7+. The van der Waals surface area contributed by atoms with Crippen LogP contribution in [0, 0.1) is 16.7 Å². The van der Waals surface area contributed by atoms with Crippen molar-refractivity contribution in [2.45, 2.75) is 13.8 Å². The molecule has 14 heavy (non-hydrogen) atoms. The van der Waals surface area contributed by atoms with Gasteiger partial charge in [-0.2, -0.15) is 5.26 Å². The molecule has 72 valence electrons. The van der Waals surface area contributed by atoms with Gasteiger partial charge in [0.1, 0.15) is 0 Å². The minimum absolute atomic E-state index is 0.417. The van der Waals surface area contributed by atoms with Gasteiger partial charge in [0.2, 0.25) is 0 Å². The lowest BCUT2D eigenvalue weighted by Gasteiger charge is -2.07. The highest BCUT2D eigenvalue weighted by molar-refractivity contribution is 6.30. The van der Waals surface area contributed by atoms with Crippen molar-refractivity contribution in [3.63, 3.8) is 0 Å². The summed E-state index contributed by atoms with van der Waals surface area (Å²) in [6, 6.07) is 9.72. The van der Waals surface area contributed by atoms with E-state index in [1.165, 1.54) is 0 Å². The summed E-state index contributed by atoms with van der Waals surface area (Å²) in [6.07, 6.45) is 3.82. The Labute approximate surface area is 89.6 Å². The molecule has 0 aliphatic carbocycles. The second-order valence-electron chi connectivity index (χ2n) is 3.72. The van der Waals surface area contributed by atoms with E-state index in [1.54, 1.807) is 0 Å². The molecule has 0 aromatic heterocycles. The molecule has 0 fully saturated rings. The van der Waals surface area contributed by atoms with Crippen LogP contribution in [0.25, 0.3) is 6.08 Å². The Kier molecular flexibility index (Phi) is 3.33. The van der Waals surface area contributed by atoms with Gasteiger partial charge in [-0.15, -0.1) is 0 Å². The number of allylic oxidation sites excluding steroid dienone is 1. The molecule has 0 spiro atoms. The molecular formula is C12H12ClN. The van der Waals surface area contributed by atoms with Gasteiger partial charge in [-0.1, -0.05) is 35.9 Å². The van der Waals surface area contributed by atoms with Gasteiger partial charge in [-0.3, -0.25) is 0 Å². The van der Waals surface area contributed by atoms with E-state index in [0.29, 0.717) is 0 Å². The van der Waals surface area contributed by atoms with Gasteiger partial charge in [0.05, 0.1) is 11.5 Å². The molecule has 0 aliphatic rings. The second kappa shape index (κ2) is 4.30. The summed E-state index contributed by atoms with van der Waals surface area (Å²) in [5.41, 5.74) is 0.636. The summed E-state index contributed by atoms with van der Waals surface area (Å²) < 4.78 is 0. The normalized spacial score (nSPS) is 11.6. The Balaban J connectivity index is 2.80. The zero-order valence-electron chi connectivity index (χ0n) is 8.29. The highest BCUT2D eigenvalue weighted by Gasteiger charge is 2.10. The average Bonchev–Trinajstić information content (AvgIpc) is 2.17. The number of rotatable bonds is 2. The fourth-order valence-corrected chi connectivity index (χ4v) is 1.04. The Morgan fingerprint density at radius 2 is 1.86 bits per heavy atom. The van der Waals surface area contributed by atoms with Crippen LogP contribution in [0.4, 0.5) is 0 Å². The summed E-state index contributed by atoms with van der Waals surface area (Å²) in [7, 11) is 0. The summed E-state index contributed by atoms with van der Waals surface area (Å²) in [6.45, 7) is 3.75. The molecular weight excluding hydrogens is 194 g/mol. The monoisotopic (exact) mass is 205 g/mol. The van der Waals surface area contributed by atoms with Crippen molar-refractivity contribution in [3.05, 3.63) is 40.9 Å². The number of benzene rings is 1. The van der Waals surface area contributed by atoms with Gasteiger partial charge >= 0.3 is 0 Å². The number of hydrogen-bond acceptors (Lipinski definition) is 1. The molecule has 0 unspecified atom stereocenters. The van der Waals surface area contributed by atoms with Crippen LogP contribution in [-0.4, -0.2) is 0 Å². The first-order valence-electron chi connectivity index (χ1n) is 4.39. The highest BCUT2D eigenvalue weighted by atomic mass is 35.5. The van der Waals surface area contributed by atoms with Crippen LogP contribution in [0.1, 0.15) is 19.4 Å². The van der Waals surface area contributed by atoms with Crippen LogP contribution in [0.5, 0.6) is 0 Å². The van der Waals surface area contributed by atoms with Crippen molar-refractivity contribution in [2.75, 3.05) is 0 Å². The fraction of sp³-hybridized carbons (Fsp3) is 0.250. The summed E-state index contributed by atoms with van der Waals surface area (Å²) in [5.74, 6) is 0. The maximum Gasteiger partial charge on any atom is 0.0725 e. The van der Waals surface area contributed by atoms with Crippen LogP contribution in [-0.2, 0) is 0 Å². The minimum Gasteiger partial charge on any atom is -0.197 e. The number of hydrogen-bond donors (Lipinski definition) is 0. The molecule has 0 bridgehead atoms. The molecule has 0 radical (unpaired) electrons. The quantitative estimate of drug-likeness (QED) is 0.719. The number of nitriles is 1. The largest absolute Gasteiger partial charge is 0.197 e. The predicted molar refractivity (Wildman–Crippen MR) is 59.9 cm³/mol. The summed E-state index contributed by atoms with van der Waals surface area (Å²) in [4.78, 5) is 0. The zero-order valence-corrected chi connectivity index (χ0v) is 9.05. The lowest BCUT2D eigenvalue weighted by atomic mass is 9.94. The molecule has 1 rings (SSSR count). The third kappa shape index (κ3) is 3.24. The van der Waals surface area contributed by atoms with E-state index in [9.17, 15) is 0 Å². The maximum atomic E-state index is 8.79. The van der Waals surface area contributed by atoms with Gasteiger partial charge in [0.15, 0.2) is 0 Å². The van der Waals surface area contributed by atoms with Crippen LogP contribution in [0.3, 0.4) is 0 Å². The Morgan fingerprint density at radius 1 is 1.29 bits per heavy atom. The van der Waals surface area contributed by atoms with Gasteiger partial charge in [0, 0.05) is 5.02 Å². The van der Waals surface area contributed by atoms with E-state index in [-0.39, 0.29) is 0 Å². The Morgan fingerprint density at radius 3 is 2.36 bits per heavy atom. The highest BCUT2D eigenvalue weighted by Crippen LogP contribution is 2.18. The Bertz CT molecular complexity index is 368. The van der Waals surface area contributed by atoms with E-state index >= 15 is 0 Å². The van der Waals surface area contributed by atoms with Crippen molar-refractivity contribution >= 4 is 17.7 Å². The van der Waals surface area contributed by atoms with E-state index in [0.717, 1.165) is 10.6 Å². The summed E-state index contributed by atoms with van der Waals surface area (Å²) in [5, 5.41) is 9.52. The third-order valence-electron chi connectivity index (χ3n) is 1.85. The van der Waals surface area contributed by atoms with Gasteiger partial charge in [-0.05, 0) is 31.5 Å². The summed E-state index contributed by atoms with van der Waals surface area (Å²) >= 11 is 5.75. The second-order valence-corrected chi connectivity index (χ2v) is 4.15. The SMILES string of the molecule is CC(C)(C#N)/C=C/c1ccc(Cl)cc1. The third-order valence-corrected chi connectivity index (χ3v) is 2.10. The predicted octanol–water partition coefficient (Wildman–Crippen LogP) is 3.90. The molecule has 1 nitrogen and oxygen atoms in total. The lowest BCUT2D eigenvalue weighted by molar-refractivity contribution is 0.647. The van der Waals surface area contributed by atoms with Crippen molar-refractivity contribution in [1.82, 2.24) is 0 Å². The smallest absolute Gasteiger partial charge is 0.0725 e. The molecule has 0 atom stereocenters. The molecule has 0 heterocycles. The molecule has 2 heteroatoms. The van der Waals surface area contributed by atoms with E-state index in [1.807, 2.05) is 50.3 Å². The Hall–Kier alpha value is -1.26. The zero-order chi connectivity index (χ0) is 10.6. The number of nitrogens with zero attached hydrogens (tertiary/aromatic N) is 1. The van der Waals surface area contributed by atoms with E-state index in [4.69, 9.17) is 16.9 Å². The van der Waals surface area contributed by atoms with Crippen molar-refractivity contribution in [2.24, 2.45) is 5.41 Å². The van der Waals surface area contributed by atoms with Gasteiger partial charge in [0.25, 0.3) is 0 Å². The first-order valence-corrected chi connectivity index (χ1v) is 4.77. The maximum absolute atomic E-state index is 8.79. The van der Waals surface area contributed by atoms with Crippen molar-refractivity contribution in [3.8, 4) is 6.07 Å². The fourth-order valence-electron chi connectivity index (χ4n) is 0.916. The molecule has 0 aliphatic heterocycles. The average molecular weight is 206 g/mol. The minimum atomic E-state index is -0.417. The van der Waals surface area contributed by atoms with Crippen LogP contribution < -0.4 is 0 Å². The number of halogens is 1. The van der Waals surface area contributed by atoms with Crippen LogP contribution in [0.15, 0.2) is 30.3 Å². The lowest BCUT2D eigenvalue weighted by Crippen LogP contribution is -2.01. The topological polar surface area (TPSA) is 23.8 Å². The van der Waals surface area contributed by atoms with Gasteiger partial charge < -0.3 is 0 Å². The van der Waals surface area contributed by atoms with Crippen LogP contribution >= 0.6 is 11.6 Å². The molecule has 0 amide bonds. The molecule has 1 aromatic carbocycles. The van der Waals surface area contributed by atoms with E-state index in [2.05, 4.69) is 6.07 Å².